The lowest BCUT2D eigenvalue weighted by Crippen LogP contribution is -2.04. The molecule has 3 heterocycles. The molecule has 0 saturated heterocycles. The quantitative estimate of drug-likeness (QED) is 0.435. The summed E-state index contributed by atoms with van der Waals surface area (Å²) in [6.07, 6.45) is 4.04. The van der Waals surface area contributed by atoms with Gasteiger partial charge in [0.15, 0.2) is 0 Å². The number of nitrogens with one attached hydrogen (secondary N) is 2. The van der Waals surface area contributed by atoms with Crippen LogP contribution in [0.3, 0.4) is 0 Å². The zero-order valence-corrected chi connectivity index (χ0v) is 18.5. The van der Waals surface area contributed by atoms with E-state index in [9.17, 15) is 0 Å². The predicted octanol–water partition coefficient (Wildman–Crippen LogP) is 6.62. The number of hydrogen-bond donors (Lipinski definition) is 2. The molecule has 0 aliphatic carbocycles. The summed E-state index contributed by atoms with van der Waals surface area (Å²) in [5.41, 5.74) is 7.37. The monoisotopic (exact) mass is 394 g/mol. The third kappa shape index (κ3) is 3.76. The molecule has 5 heteroatoms. The van der Waals surface area contributed by atoms with Gasteiger partial charge < -0.3 is 15.0 Å². The van der Waals surface area contributed by atoms with Gasteiger partial charge in [-0.3, -0.25) is 0 Å². The van der Waals surface area contributed by atoms with Gasteiger partial charge in [0.2, 0.25) is 0 Å². The molecule has 0 aromatic carbocycles. The number of thiophene rings is 1. The van der Waals surface area contributed by atoms with E-state index in [1.165, 1.54) is 16.1 Å². The zero-order valence-electron chi connectivity index (χ0n) is 17.7. The molecular formula is C23H30N4S. The van der Waals surface area contributed by atoms with Crippen LogP contribution in [0.15, 0.2) is 29.7 Å². The Labute approximate surface area is 171 Å². The van der Waals surface area contributed by atoms with Crippen molar-refractivity contribution < 1.29 is 0 Å². The van der Waals surface area contributed by atoms with Crippen LogP contribution in [0.2, 0.25) is 0 Å². The normalized spacial score (nSPS) is 12.2. The first-order valence-corrected chi connectivity index (χ1v) is 10.8. The summed E-state index contributed by atoms with van der Waals surface area (Å²) in [6, 6.07) is 6.50. The third-order valence-electron chi connectivity index (χ3n) is 5.41. The summed E-state index contributed by atoms with van der Waals surface area (Å²) in [5.74, 6) is 1.29. The maximum absolute atomic E-state index is 7.96. The van der Waals surface area contributed by atoms with Crippen molar-refractivity contribution in [1.29, 1.82) is 5.41 Å². The van der Waals surface area contributed by atoms with Gasteiger partial charge in [-0.2, -0.15) is 0 Å². The Morgan fingerprint density at radius 2 is 1.89 bits per heavy atom. The van der Waals surface area contributed by atoms with E-state index in [-0.39, 0.29) is 0 Å². The van der Waals surface area contributed by atoms with Crippen molar-refractivity contribution >= 4 is 22.6 Å². The number of hydrogen-bond acceptors (Lipinski definition) is 3. The molecule has 0 spiro atoms. The Hall–Kier alpha value is -2.40. The van der Waals surface area contributed by atoms with E-state index < -0.39 is 0 Å². The summed E-state index contributed by atoms with van der Waals surface area (Å²) in [4.78, 5) is 9.79. The van der Waals surface area contributed by atoms with Crippen molar-refractivity contribution in [2.45, 2.75) is 47.5 Å². The predicted molar refractivity (Wildman–Crippen MR) is 121 cm³/mol. The highest BCUT2D eigenvalue weighted by Gasteiger charge is 2.20. The second-order valence-corrected chi connectivity index (χ2v) is 8.37. The van der Waals surface area contributed by atoms with Gasteiger partial charge in [-0.05, 0) is 80.3 Å². The van der Waals surface area contributed by atoms with E-state index in [0.717, 1.165) is 41.3 Å². The van der Waals surface area contributed by atoms with Gasteiger partial charge in [-0.1, -0.05) is 13.8 Å². The molecule has 0 atom stereocenters. The van der Waals surface area contributed by atoms with Gasteiger partial charge in [-0.25, -0.2) is 4.98 Å². The van der Waals surface area contributed by atoms with E-state index in [2.05, 4.69) is 67.9 Å². The Kier molecular flexibility index (Phi) is 6.04. The minimum atomic E-state index is 0.399. The first kappa shape index (κ1) is 20.3. The second-order valence-electron chi connectivity index (χ2n) is 7.45. The van der Waals surface area contributed by atoms with Crippen LogP contribution < -0.4 is 0 Å². The maximum Gasteiger partial charge on any atom is 0.134 e. The van der Waals surface area contributed by atoms with Gasteiger partial charge in [0, 0.05) is 18.5 Å². The Balaban J connectivity index is 2.07. The van der Waals surface area contributed by atoms with Gasteiger partial charge in [0.05, 0.1) is 16.3 Å². The number of allylic oxidation sites excluding steroid dienone is 2. The largest absolute Gasteiger partial charge is 0.342 e. The lowest BCUT2D eigenvalue weighted by Gasteiger charge is -2.15. The van der Waals surface area contributed by atoms with Crippen molar-refractivity contribution in [3.63, 3.8) is 0 Å². The minimum absolute atomic E-state index is 0.399. The van der Waals surface area contributed by atoms with Crippen LogP contribution in [0.4, 0.5) is 0 Å². The molecule has 3 rings (SSSR count). The van der Waals surface area contributed by atoms with Gasteiger partial charge in [0.25, 0.3) is 0 Å². The van der Waals surface area contributed by atoms with E-state index >= 15 is 0 Å². The average molecular weight is 395 g/mol. The Morgan fingerprint density at radius 1 is 1.21 bits per heavy atom. The van der Waals surface area contributed by atoms with Crippen molar-refractivity contribution in [1.82, 2.24) is 14.5 Å². The fraction of sp³-hybridized carbons (Fsp3) is 0.391. The lowest BCUT2D eigenvalue weighted by atomic mass is 9.92. The molecule has 3 aromatic rings. The molecule has 0 saturated carbocycles. The van der Waals surface area contributed by atoms with Gasteiger partial charge in [0.1, 0.15) is 11.5 Å². The molecule has 0 radical (unpaired) electrons. The number of aromatic amines is 1. The molecule has 148 valence electrons. The first-order valence-electron chi connectivity index (χ1n) is 9.91. The molecule has 4 nitrogen and oxygen atoms in total. The Morgan fingerprint density at radius 3 is 2.46 bits per heavy atom. The molecule has 0 unspecified atom stereocenters. The number of nitrogens with zero attached hydrogens (tertiary/aromatic N) is 2. The average Bonchev–Trinajstić information content (AvgIpc) is 3.33. The van der Waals surface area contributed by atoms with Crippen LogP contribution in [0.5, 0.6) is 0 Å². The third-order valence-corrected chi connectivity index (χ3v) is 6.45. The maximum atomic E-state index is 7.96. The van der Waals surface area contributed by atoms with Crippen LogP contribution in [-0.4, -0.2) is 20.2 Å². The molecule has 2 N–H and O–H groups in total. The number of aromatic nitrogens is 3. The van der Waals surface area contributed by atoms with E-state index in [1.54, 1.807) is 11.3 Å². The Bertz CT molecular complexity index is 1010. The zero-order chi connectivity index (χ0) is 20.4. The van der Waals surface area contributed by atoms with Crippen molar-refractivity contribution in [2.24, 2.45) is 13.0 Å². The van der Waals surface area contributed by atoms with Gasteiger partial charge in [-0.15, -0.1) is 11.3 Å². The molecular weight excluding hydrogens is 364 g/mol. The van der Waals surface area contributed by atoms with E-state index in [0.29, 0.717) is 11.6 Å². The molecule has 28 heavy (non-hydrogen) atoms. The molecule has 0 fully saturated rings. The first-order chi connectivity index (χ1) is 13.4. The number of rotatable bonds is 7. The fourth-order valence-corrected chi connectivity index (χ4v) is 4.79. The second kappa shape index (κ2) is 8.31. The molecule has 0 amide bonds. The van der Waals surface area contributed by atoms with Crippen LogP contribution in [0.1, 0.15) is 50.7 Å². The summed E-state index contributed by atoms with van der Waals surface area (Å²) >= 11 is 1.77. The smallest absolute Gasteiger partial charge is 0.134 e. The van der Waals surface area contributed by atoms with Crippen LogP contribution in [-0.2, 0) is 7.05 Å². The minimum Gasteiger partial charge on any atom is -0.342 e. The van der Waals surface area contributed by atoms with Crippen LogP contribution in [0, 0.1) is 25.2 Å². The number of aryl methyl sites for hydroxylation is 2. The van der Waals surface area contributed by atoms with Gasteiger partial charge >= 0.3 is 0 Å². The fourth-order valence-electron chi connectivity index (χ4n) is 3.80. The summed E-state index contributed by atoms with van der Waals surface area (Å²) in [5, 5.41) is 10.1. The number of H-pyrrole nitrogens is 1. The van der Waals surface area contributed by atoms with Crippen molar-refractivity contribution in [3.8, 4) is 22.0 Å². The summed E-state index contributed by atoms with van der Waals surface area (Å²) in [7, 11) is 2.11. The summed E-state index contributed by atoms with van der Waals surface area (Å²) in [6.45, 7) is 10.5. The highest BCUT2D eigenvalue weighted by molar-refractivity contribution is 7.13. The standard InChI is InChI=1S/C23H30N4S/c1-7-17(8-2)18(13-15(4)24)23-25-16(5)21(26-23)19-9-10-20(27(19)6)22-14(3)11-12-28-22/h9-13,17,24H,7-8H2,1-6H3,(H,25,26)/b18-13-,24-15?. The molecule has 0 bridgehead atoms. The van der Waals surface area contributed by atoms with E-state index in [1.807, 2.05) is 13.0 Å². The molecule has 0 aliphatic heterocycles. The van der Waals surface area contributed by atoms with E-state index in [4.69, 9.17) is 10.4 Å². The summed E-state index contributed by atoms with van der Waals surface area (Å²) < 4.78 is 2.23. The van der Waals surface area contributed by atoms with Crippen molar-refractivity contribution in [3.05, 3.63) is 46.7 Å². The molecule has 0 aliphatic rings. The SMILES string of the molecule is CCC(CC)/C(=C/C(C)=N)c1nc(-c2ccc(-c3sccc3C)n2C)c(C)[nH]1. The highest BCUT2D eigenvalue weighted by atomic mass is 32.1. The highest BCUT2D eigenvalue weighted by Crippen LogP contribution is 2.35. The van der Waals surface area contributed by atoms with Crippen molar-refractivity contribution in [2.75, 3.05) is 0 Å². The topological polar surface area (TPSA) is 57.5 Å². The number of imidazole rings is 1. The van der Waals surface area contributed by atoms with Crippen LogP contribution in [0.25, 0.3) is 27.5 Å². The lowest BCUT2D eigenvalue weighted by molar-refractivity contribution is 0.620. The molecule has 3 aromatic heterocycles. The van der Waals surface area contributed by atoms with Crippen LogP contribution >= 0.6 is 11.3 Å².